The lowest BCUT2D eigenvalue weighted by Gasteiger charge is -2.17. The Hall–Kier alpha value is -5.80. The van der Waals surface area contributed by atoms with E-state index in [1.165, 1.54) is 24.0 Å². The third-order valence-corrected chi connectivity index (χ3v) is 14.7. The minimum atomic E-state index is -1.09. The first kappa shape index (κ1) is 46.2. The fourth-order valence-corrected chi connectivity index (χ4v) is 10.1. The Labute approximate surface area is 378 Å². The molecule has 2 fully saturated rings. The number of carbonyl (C=O) groups excluding carboxylic acids is 1. The zero-order valence-electron chi connectivity index (χ0n) is 37.2. The van der Waals surface area contributed by atoms with Crippen molar-refractivity contribution in [3.63, 3.8) is 0 Å². The van der Waals surface area contributed by atoms with E-state index in [1.54, 1.807) is 17.1 Å². The van der Waals surface area contributed by atoms with Crippen LogP contribution in [0.4, 0.5) is 11.4 Å². The van der Waals surface area contributed by atoms with Gasteiger partial charge in [-0.25, -0.2) is 9.48 Å². The molecule has 0 radical (unpaired) electrons. The molecule has 2 aromatic carbocycles. The largest absolute Gasteiger partial charge is 0.476 e. The first-order chi connectivity index (χ1) is 30.4. The van der Waals surface area contributed by atoms with Crippen molar-refractivity contribution in [3.8, 4) is 0 Å². The van der Waals surface area contributed by atoms with Crippen LogP contribution in [-0.4, -0.2) is 71.2 Å². The summed E-state index contributed by atoms with van der Waals surface area (Å²) in [5.41, 5.74) is 14.7. The van der Waals surface area contributed by atoms with E-state index < -0.39 is 14.0 Å². The molecule has 4 heterocycles. The fourth-order valence-electron chi connectivity index (χ4n) is 9.39. The Morgan fingerprint density at radius 2 is 1.45 bits per heavy atom. The van der Waals surface area contributed by atoms with E-state index in [2.05, 4.69) is 88.6 Å². The molecular weight excluding hydrogens is 821 g/mol. The predicted molar refractivity (Wildman–Crippen MR) is 254 cm³/mol. The van der Waals surface area contributed by atoms with Gasteiger partial charge in [0.2, 0.25) is 0 Å². The number of aromatic amines is 1. The number of ether oxygens (including phenoxy) is 1. The normalized spacial score (nSPS) is 19.6. The Balaban J connectivity index is 0.000000149. The molecule has 0 spiro atoms. The van der Waals surface area contributed by atoms with Crippen molar-refractivity contribution in [1.82, 2.24) is 39.5 Å². The molecule has 340 valence electrons. The van der Waals surface area contributed by atoms with Crippen LogP contribution in [0.1, 0.15) is 138 Å². The van der Waals surface area contributed by atoms with Gasteiger partial charge in [0, 0.05) is 49.6 Å². The molecule has 14 nitrogen and oxygen atoms in total. The van der Waals surface area contributed by atoms with E-state index in [4.69, 9.17) is 10.5 Å². The van der Waals surface area contributed by atoms with E-state index >= 15 is 0 Å². The number of aryl methyl sites for hydroxylation is 1. The highest BCUT2D eigenvalue weighted by molar-refractivity contribution is 6.76. The van der Waals surface area contributed by atoms with Crippen LogP contribution in [0.15, 0.2) is 85.5 Å². The zero-order valence-corrected chi connectivity index (χ0v) is 38.2. The minimum Gasteiger partial charge on any atom is -0.476 e. The number of nitrogens with zero attached hydrogens (tertiary/aromatic N) is 7. The van der Waals surface area contributed by atoms with Gasteiger partial charge in [0.25, 0.3) is 5.91 Å². The van der Waals surface area contributed by atoms with E-state index in [0.717, 1.165) is 79.6 Å². The van der Waals surface area contributed by atoms with Crippen molar-refractivity contribution in [2.45, 2.75) is 129 Å². The van der Waals surface area contributed by atoms with Crippen molar-refractivity contribution in [2.24, 2.45) is 11.8 Å². The van der Waals surface area contributed by atoms with Crippen molar-refractivity contribution in [1.29, 1.82) is 0 Å². The number of benzene rings is 2. The number of aromatic nitrogens is 8. The van der Waals surface area contributed by atoms with E-state index in [1.807, 2.05) is 58.2 Å². The van der Waals surface area contributed by atoms with Crippen LogP contribution in [0.2, 0.25) is 25.7 Å². The molecule has 6 aromatic rings. The molecule has 10 rings (SSSR count). The van der Waals surface area contributed by atoms with E-state index in [-0.39, 0.29) is 31.1 Å². The van der Waals surface area contributed by atoms with E-state index in [0.29, 0.717) is 41.6 Å². The van der Waals surface area contributed by atoms with Crippen LogP contribution in [0.3, 0.4) is 0 Å². The van der Waals surface area contributed by atoms with Gasteiger partial charge < -0.3 is 20.9 Å². The van der Waals surface area contributed by atoms with Gasteiger partial charge in [-0.1, -0.05) is 102 Å². The smallest absolute Gasteiger partial charge is 0.356 e. The maximum atomic E-state index is 12.8. The summed E-state index contributed by atoms with van der Waals surface area (Å²) in [6.45, 7) is 12.4. The number of nitrogens with one attached hydrogen (secondary N) is 2. The fraction of sp³-hybridized carbons (Fsp3) is 0.469. The van der Waals surface area contributed by atoms with Crippen LogP contribution >= 0.6 is 0 Å². The van der Waals surface area contributed by atoms with Gasteiger partial charge in [-0.2, -0.15) is 20.4 Å². The SMILES string of the molecule is C.CC[C@@H](c1ccccc1)n1cc(N)cn1.CC[C@@H](c1ccccc1)n1cc(NC(=O)c2n[nH]c3c2C2CC2CC3)cn1.C[Si](C)(C)CCOCn1nc(C(=O)O)c2c1CCC1CC21. The molecule has 6 atom stereocenters. The Morgan fingerprint density at radius 1 is 0.859 bits per heavy atom. The molecule has 0 saturated heterocycles. The second-order valence-corrected chi connectivity index (χ2v) is 24.3. The lowest BCUT2D eigenvalue weighted by molar-refractivity contribution is 0.0668. The third-order valence-electron chi connectivity index (χ3n) is 13.0. The molecule has 4 aromatic heterocycles. The highest BCUT2D eigenvalue weighted by atomic mass is 28.3. The summed E-state index contributed by atoms with van der Waals surface area (Å²) in [5.74, 6) is 1.36. The molecule has 0 bridgehead atoms. The number of hydrogen-bond acceptors (Lipinski definition) is 8. The van der Waals surface area contributed by atoms with Crippen molar-refractivity contribution >= 4 is 31.3 Å². The number of aromatic carboxylic acids is 1. The summed E-state index contributed by atoms with van der Waals surface area (Å²) in [7, 11) is -1.09. The summed E-state index contributed by atoms with van der Waals surface area (Å²) >= 11 is 0. The molecule has 0 aliphatic heterocycles. The lowest BCUT2D eigenvalue weighted by atomic mass is 9.95. The molecule has 64 heavy (non-hydrogen) atoms. The van der Waals surface area contributed by atoms with Gasteiger partial charge in [0.05, 0.1) is 35.9 Å². The predicted octanol–water partition coefficient (Wildman–Crippen LogP) is 9.95. The Morgan fingerprint density at radius 3 is 2.03 bits per heavy atom. The van der Waals surface area contributed by atoms with Crippen molar-refractivity contribution in [2.75, 3.05) is 17.7 Å². The van der Waals surface area contributed by atoms with Gasteiger partial charge in [-0.15, -0.1) is 0 Å². The third kappa shape index (κ3) is 10.6. The summed E-state index contributed by atoms with van der Waals surface area (Å²) in [6, 6.07) is 22.2. The average molecular weight is 887 g/mol. The van der Waals surface area contributed by atoms with Crippen LogP contribution in [0, 0.1) is 11.8 Å². The van der Waals surface area contributed by atoms with Gasteiger partial charge in [-0.05, 0) is 92.2 Å². The van der Waals surface area contributed by atoms with Gasteiger partial charge in [-0.3, -0.25) is 19.3 Å². The first-order valence-electron chi connectivity index (χ1n) is 22.6. The highest BCUT2D eigenvalue weighted by Gasteiger charge is 2.47. The molecule has 1 amide bonds. The highest BCUT2D eigenvalue weighted by Crippen LogP contribution is 2.56. The second-order valence-electron chi connectivity index (χ2n) is 18.7. The van der Waals surface area contributed by atoms with Crippen LogP contribution in [0.25, 0.3) is 0 Å². The number of fused-ring (bicyclic) bond motifs is 6. The molecule has 2 saturated carbocycles. The summed E-state index contributed by atoms with van der Waals surface area (Å²) < 4.78 is 11.4. The number of carbonyl (C=O) groups is 2. The minimum absolute atomic E-state index is 0. The monoisotopic (exact) mass is 887 g/mol. The van der Waals surface area contributed by atoms with Crippen molar-refractivity contribution in [3.05, 3.63) is 130 Å². The topological polar surface area (TPSA) is 184 Å². The maximum absolute atomic E-state index is 12.8. The number of rotatable bonds is 14. The molecule has 15 heteroatoms. The molecule has 5 N–H and O–H groups in total. The summed E-state index contributed by atoms with van der Waals surface area (Å²) in [6.07, 6.45) is 15.8. The quantitative estimate of drug-likeness (QED) is 0.0611. The number of H-pyrrole nitrogens is 1. The number of anilines is 2. The van der Waals surface area contributed by atoms with Crippen molar-refractivity contribution < 1.29 is 19.4 Å². The molecule has 4 aliphatic carbocycles. The van der Waals surface area contributed by atoms with Crippen LogP contribution in [-0.2, 0) is 24.3 Å². The molecular formula is C49H66N10O4Si. The average Bonchev–Trinajstić information content (AvgIpc) is 3.98. The number of nitrogens with two attached hydrogens (primary N) is 1. The van der Waals surface area contributed by atoms with Crippen LogP contribution in [0.5, 0.6) is 0 Å². The van der Waals surface area contributed by atoms with Gasteiger partial charge in [0.15, 0.2) is 11.4 Å². The number of nitrogen functional groups attached to an aromatic ring is 1. The molecule has 4 aliphatic rings. The zero-order chi connectivity index (χ0) is 44.3. The van der Waals surface area contributed by atoms with E-state index in [9.17, 15) is 14.7 Å². The van der Waals surface area contributed by atoms with Crippen LogP contribution < -0.4 is 11.1 Å². The standard InChI is InChI=1S/C21H23N5O.C15H24N2O3Si.C12H15N3.CH4/c1-2-18(13-6-4-3-5-7-13)26-12-15(11-22-26)23-21(27)20-19-16-10-14(16)8-9-17(19)24-25-20;1-21(2,3)7-6-20-9-17-12-5-4-10-8-11(10)13(12)14(16-17)15(18)19;1-2-12(10-6-4-3-5-7-10)15-9-11(13)8-14-15;/h3-7,11-12,14,16,18H,2,8-10H2,1H3,(H,23,27)(H,24,25);10-11H,4-9H2,1-3H3,(H,18,19);3-9,12H,2,13H2,1H3;1H4/t14?,16?,18-;;12-;/m0.0./s1. The second kappa shape index (κ2) is 19.9. The summed E-state index contributed by atoms with van der Waals surface area (Å²) in [5, 5.41) is 32.8. The number of carboxylic acids is 1. The Bertz CT molecular complexity index is 2490. The first-order valence-corrected chi connectivity index (χ1v) is 26.4. The van der Waals surface area contributed by atoms with Gasteiger partial charge in [0.1, 0.15) is 6.73 Å². The Kier molecular flexibility index (Phi) is 14.4. The number of hydrogen-bond donors (Lipinski definition) is 4. The number of carboxylic acid groups (broad SMARTS) is 1. The maximum Gasteiger partial charge on any atom is 0.356 e. The van der Waals surface area contributed by atoms with Gasteiger partial charge >= 0.3 is 5.97 Å². The lowest BCUT2D eigenvalue weighted by Crippen LogP contribution is -2.22. The molecule has 4 unspecified atom stereocenters. The number of amides is 1. The summed E-state index contributed by atoms with van der Waals surface area (Å²) in [4.78, 5) is 24.2.